The lowest BCUT2D eigenvalue weighted by Crippen LogP contribution is -2.41. The third-order valence-electron chi connectivity index (χ3n) is 2.89. The summed E-state index contributed by atoms with van der Waals surface area (Å²) in [6.45, 7) is 5.94. The van der Waals surface area contributed by atoms with Gasteiger partial charge in [0.2, 0.25) is 5.91 Å². The Labute approximate surface area is 124 Å². The summed E-state index contributed by atoms with van der Waals surface area (Å²) in [4.78, 5) is 16.3. The molecule has 5 heteroatoms. The minimum atomic E-state index is -0.712. The number of rotatable bonds is 4. The number of carbonyl (C=O) groups excluding carboxylic acids is 1. The standard InChI is InChI=1S/C16H21N3O2/c1-16(2,3)21-10-13(17)15(20)19-12-8-11-6-4-5-7-14(11)18-9-12/h4-9,13H,10,17H2,1-3H3,(H,19,20). The number of nitrogens with one attached hydrogen (secondary N) is 1. The normalized spacial score (nSPS) is 13.1. The molecule has 0 aliphatic heterocycles. The van der Waals surface area contributed by atoms with Crippen molar-refractivity contribution in [2.45, 2.75) is 32.4 Å². The number of amides is 1. The Morgan fingerprint density at radius 1 is 1.38 bits per heavy atom. The number of ether oxygens (including phenoxy) is 1. The molecule has 1 amide bonds. The van der Waals surface area contributed by atoms with Crippen molar-refractivity contribution in [3.8, 4) is 0 Å². The molecule has 0 bridgehead atoms. The number of aromatic nitrogens is 1. The summed E-state index contributed by atoms with van der Waals surface area (Å²) < 4.78 is 5.52. The predicted molar refractivity (Wildman–Crippen MR) is 84.1 cm³/mol. The number of hydrogen-bond acceptors (Lipinski definition) is 4. The summed E-state index contributed by atoms with van der Waals surface area (Å²) in [5, 5.41) is 3.73. The number of hydrogen-bond donors (Lipinski definition) is 2. The highest BCUT2D eigenvalue weighted by Crippen LogP contribution is 2.16. The number of para-hydroxylation sites is 1. The van der Waals surface area contributed by atoms with Gasteiger partial charge in [0, 0.05) is 5.39 Å². The van der Waals surface area contributed by atoms with Gasteiger partial charge in [0.05, 0.1) is 29.6 Å². The van der Waals surface area contributed by atoms with E-state index in [-0.39, 0.29) is 18.1 Å². The average Bonchev–Trinajstić information content (AvgIpc) is 2.43. The van der Waals surface area contributed by atoms with Crippen LogP contribution in [0.4, 0.5) is 5.69 Å². The zero-order chi connectivity index (χ0) is 15.5. The first kappa shape index (κ1) is 15.4. The molecule has 1 atom stereocenters. The van der Waals surface area contributed by atoms with E-state index in [9.17, 15) is 4.79 Å². The van der Waals surface area contributed by atoms with E-state index >= 15 is 0 Å². The Balaban J connectivity index is 2.00. The van der Waals surface area contributed by atoms with Crippen LogP contribution >= 0.6 is 0 Å². The fourth-order valence-electron chi connectivity index (χ4n) is 1.79. The Kier molecular flexibility index (Phi) is 4.55. The van der Waals surface area contributed by atoms with Gasteiger partial charge in [-0.3, -0.25) is 9.78 Å². The van der Waals surface area contributed by atoms with Crippen LogP contribution in [0.1, 0.15) is 20.8 Å². The molecule has 0 saturated carbocycles. The Morgan fingerprint density at radius 2 is 2.10 bits per heavy atom. The van der Waals surface area contributed by atoms with Crippen molar-refractivity contribution in [3.63, 3.8) is 0 Å². The van der Waals surface area contributed by atoms with Crippen molar-refractivity contribution in [1.29, 1.82) is 0 Å². The third kappa shape index (κ3) is 4.51. The number of carbonyl (C=O) groups is 1. The highest BCUT2D eigenvalue weighted by atomic mass is 16.5. The van der Waals surface area contributed by atoms with Gasteiger partial charge < -0.3 is 15.8 Å². The molecule has 0 aliphatic rings. The van der Waals surface area contributed by atoms with Gasteiger partial charge in [-0.05, 0) is 32.9 Å². The number of anilines is 1. The minimum absolute atomic E-state index is 0.177. The Bertz CT molecular complexity index is 635. The molecule has 0 aliphatic carbocycles. The average molecular weight is 287 g/mol. The van der Waals surface area contributed by atoms with Crippen LogP contribution in [-0.4, -0.2) is 29.1 Å². The summed E-state index contributed by atoms with van der Waals surface area (Å²) in [5.74, 6) is -0.281. The minimum Gasteiger partial charge on any atom is -0.374 e. The molecule has 2 rings (SSSR count). The molecule has 0 radical (unpaired) electrons. The first-order chi connectivity index (χ1) is 9.85. The maximum atomic E-state index is 12.0. The summed E-state index contributed by atoms with van der Waals surface area (Å²) in [6.07, 6.45) is 1.62. The molecule has 1 aromatic carbocycles. The maximum absolute atomic E-state index is 12.0. The van der Waals surface area contributed by atoms with Gasteiger partial charge in [-0.25, -0.2) is 0 Å². The van der Waals surface area contributed by atoms with Crippen molar-refractivity contribution >= 4 is 22.5 Å². The van der Waals surface area contributed by atoms with Crippen LogP contribution < -0.4 is 11.1 Å². The quantitative estimate of drug-likeness (QED) is 0.904. The zero-order valence-electron chi connectivity index (χ0n) is 12.6. The van der Waals surface area contributed by atoms with E-state index in [2.05, 4.69) is 10.3 Å². The second kappa shape index (κ2) is 6.20. The monoisotopic (exact) mass is 287 g/mol. The van der Waals surface area contributed by atoms with E-state index in [0.717, 1.165) is 10.9 Å². The van der Waals surface area contributed by atoms with Crippen LogP contribution in [0, 0.1) is 0 Å². The maximum Gasteiger partial charge on any atom is 0.243 e. The van der Waals surface area contributed by atoms with Crippen LogP contribution in [0.15, 0.2) is 36.5 Å². The van der Waals surface area contributed by atoms with Gasteiger partial charge in [-0.15, -0.1) is 0 Å². The largest absolute Gasteiger partial charge is 0.374 e. The summed E-state index contributed by atoms with van der Waals surface area (Å²) in [7, 11) is 0. The van der Waals surface area contributed by atoms with Crippen molar-refractivity contribution in [1.82, 2.24) is 4.98 Å². The highest BCUT2D eigenvalue weighted by molar-refractivity contribution is 5.96. The zero-order valence-corrected chi connectivity index (χ0v) is 12.6. The molecular formula is C16H21N3O2. The van der Waals surface area contributed by atoms with E-state index in [1.807, 2.05) is 51.1 Å². The van der Waals surface area contributed by atoms with Crippen LogP contribution in [-0.2, 0) is 9.53 Å². The molecule has 0 saturated heterocycles. The number of fused-ring (bicyclic) bond motifs is 1. The van der Waals surface area contributed by atoms with Gasteiger partial charge in [0.25, 0.3) is 0 Å². The SMILES string of the molecule is CC(C)(C)OCC(N)C(=O)Nc1cnc2ccccc2c1. The first-order valence-electron chi connectivity index (χ1n) is 6.90. The summed E-state index contributed by atoms with van der Waals surface area (Å²) >= 11 is 0. The molecule has 3 N–H and O–H groups in total. The van der Waals surface area contributed by atoms with E-state index in [1.165, 1.54) is 0 Å². The van der Waals surface area contributed by atoms with Gasteiger partial charge in [0.15, 0.2) is 0 Å². The molecule has 1 heterocycles. The highest BCUT2D eigenvalue weighted by Gasteiger charge is 2.18. The van der Waals surface area contributed by atoms with Gasteiger partial charge in [0.1, 0.15) is 6.04 Å². The number of nitrogens with zero attached hydrogens (tertiary/aromatic N) is 1. The van der Waals surface area contributed by atoms with Gasteiger partial charge >= 0.3 is 0 Å². The van der Waals surface area contributed by atoms with Crippen LogP contribution in [0.5, 0.6) is 0 Å². The Hall–Kier alpha value is -1.98. The summed E-state index contributed by atoms with van der Waals surface area (Å²) in [6, 6.07) is 8.88. The molecule has 112 valence electrons. The smallest absolute Gasteiger partial charge is 0.243 e. The summed E-state index contributed by atoms with van der Waals surface area (Å²) in [5.41, 5.74) is 7.02. The van der Waals surface area contributed by atoms with Gasteiger partial charge in [-0.2, -0.15) is 0 Å². The number of benzene rings is 1. The second-order valence-electron chi connectivity index (χ2n) is 5.94. The topological polar surface area (TPSA) is 77.2 Å². The molecule has 21 heavy (non-hydrogen) atoms. The van der Waals surface area contributed by atoms with E-state index in [1.54, 1.807) is 6.20 Å². The van der Waals surface area contributed by atoms with E-state index in [4.69, 9.17) is 10.5 Å². The van der Waals surface area contributed by atoms with E-state index < -0.39 is 6.04 Å². The molecule has 2 aromatic rings. The van der Waals surface area contributed by atoms with Crippen molar-refractivity contribution in [3.05, 3.63) is 36.5 Å². The fourth-order valence-corrected chi connectivity index (χ4v) is 1.79. The molecular weight excluding hydrogens is 266 g/mol. The van der Waals surface area contributed by atoms with Crippen LogP contribution in [0.3, 0.4) is 0 Å². The molecule has 1 unspecified atom stereocenters. The van der Waals surface area contributed by atoms with Crippen LogP contribution in [0.2, 0.25) is 0 Å². The van der Waals surface area contributed by atoms with Crippen molar-refractivity contribution < 1.29 is 9.53 Å². The molecule has 0 fully saturated rings. The lowest BCUT2D eigenvalue weighted by Gasteiger charge is -2.22. The second-order valence-corrected chi connectivity index (χ2v) is 5.94. The Morgan fingerprint density at radius 3 is 2.81 bits per heavy atom. The molecule has 5 nitrogen and oxygen atoms in total. The van der Waals surface area contributed by atoms with Crippen LogP contribution in [0.25, 0.3) is 10.9 Å². The lowest BCUT2D eigenvalue weighted by molar-refractivity contribution is -0.120. The van der Waals surface area contributed by atoms with Gasteiger partial charge in [-0.1, -0.05) is 18.2 Å². The molecule has 0 spiro atoms. The van der Waals surface area contributed by atoms with Crippen molar-refractivity contribution in [2.24, 2.45) is 5.73 Å². The first-order valence-corrected chi connectivity index (χ1v) is 6.90. The predicted octanol–water partition coefficient (Wildman–Crippen LogP) is 2.32. The number of nitrogens with two attached hydrogens (primary N) is 1. The molecule has 1 aromatic heterocycles. The number of pyridine rings is 1. The lowest BCUT2D eigenvalue weighted by atomic mass is 10.2. The van der Waals surface area contributed by atoms with E-state index in [0.29, 0.717) is 5.69 Å². The third-order valence-corrected chi connectivity index (χ3v) is 2.89. The fraction of sp³-hybridized carbons (Fsp3) is 0.375. The van der Waals surface area contributed by atoms with Crippen molar-refractivity contribution in [2.75, 3.05) is 11.9 Å².